The van der Waals surface area contributed by atoms with E-state index in [9.17, 15) is 5.26 Å². The van der Waals surface area contributed by atoms with Gasteiger partial charge in [-0.1, -0.05) is 23.2 Å². The zero-order chi connectivity index (χ0) is 31.5. The Labute approximate surface area is 271 Å². The van der Waals surface area contributed by atoms with Gasteiger partial charge in [0.05, 0.1) is 66.6 Å². The van der Waals surface area contributed by atoms with Crippen molar-refractivity contribution < 1.29 is 18.6 Å². The highest BCUT2D eigenvalue weighted by Gasteiger charge is 2.21. The molecule has 9 nitrogen and oxygen atoms in total. The van der Waals surface area contributed by atoms with E-state index in [0.29, 0.717) is 55.9 Å². The molecule has 0 saturated carbocycles. The lowest BCUT2D eigenvalue weighted by atomic mass is 10.0. The van der Waals surface area contributed by atoms with Gasteiger partial charge in [0, 0.05) is 60.6 Å². The standard InChI is InChI=1S/C34H31Cl2N5O4/c1-42-24-6-4-23(5-7-24)41-10-8-40(9-11-41)19-25-12-21(20-45-25)26-13-30-27(14-32(26)43-2)34(22(17-37)18-38-30)39-31-16-33(44-3)29(36)15-28(31)35/h4-7,12-16,18,20H,8-11,19H2,1-3H3,(H,38,39). The van der Waals surface area contributed by atoms with Gasteiger partial charge in [0.15, 0.2) is 0 Å². The Bertz CT molecular complexity index is 1880. The van der Waals surface area contributed by atoms with E-state index >= 15 is 0 Å². The van der Waals surface area contributed by atoms with E-state index in [4.69, 9.17) is 41.8 Å². The first-order valence-electron chi connectivity index (χ1n) is 14.3. The van der Waals surface area contributed by atoms with Crippen molar-refractivity contribution in [2.75, 3.05) is 57.7 Å². The molecule has 0 spiro atoms. The van der Waals surface area contributed by atoms with Gasteiger partial charge in [-0.15, -0.1) is 0 Å². The maximum absolute atomic E-state index is 9.89. The van der Waals surface area contributed by atoms with Crippen LogP contribution in [0.15, 0.2) is 71.5 Å². The zero-order valence-electron chi connectivity index (χ0n) is 25.1. The van der Waals surface area contributed by atoms with Crippen molar-refractivity contribution in [3.63, 3.8) is 0 Å². The molecule has 6 rings (SSSR count). The minimum Gasteiger partial charge on any atom is -0.497 e. The maximum atomic E-state index is 9.89. The molecular weight excluding hydrogens is 613 g/mol. The van der Waals surface area contributed by atoms with Crippen LogP contribution in [0, 0.1) is 11.3 Å². The number of anilines is 3. The lowest BCUT2D eigenvalue weighted by Gasteiger charge is -2.35. The van der Waals surface area contributed by atoms with Crippen molar-refractivity contribution in [1.29, 1.82) is 5.26 Å². The molecule has 1 N–H and O–H groups in total. The summed E-state index contributed by atoms with van der Waals surface area (Å²) in [6.45, 7) is 4.41. The number of aromatic nitrogens is 1. The Balaban J connectivity index is 1.23. The van der Waals surface area contributed by atoms with Gasteiger partial charge >= 0.3 is 0 Å². The highest BCUT2D eigenvalue weighted by Crippen LogP contribution is 2.41. The number of hydrogen-bond acceptors (Lipinski definition) is 9. The second-order valence-electron chi connectivity index (χ2n) is 10.6. The molecule has 1 fully saturated rings. The summed E-state index contributed by atoms with van der Waals surface area (Å²) in [5, 5.41) is 14.6. The van der Waals surface area contributed by atoms with Crippen LogP contribution in [-0.2, 0) is 6.54 Å². The van der Waals surface area contributed by atoms with Crippen molar-refractivity contribution in [1.82, 2.24) is 9.88 Å². The molecule has 45 heavy (non-hydrogen) atoms. The quantitative estimate of drug-likeness (QED) is 0.173. The van der Waals surface area contributed by atoms with Crippen molar-refractivity contribution in [3.8, 4) is 34.4 Å². The van der Waals surface area contributed by atoms with Crippen molar-refractivity contribution in [3.05, 3.63) is 88.4 Å². The number of rotatable bonds is 9. The molecule has 3 aromatic carbocycles. The summed E-state index contributed by atoms with van der Waals surface area (Å²) in [7, 11) is 4.82. The fourth-order valence-electron chi connectivity index (χ4n) is 5.53. The third-order valence-electron chi connectivity index (χ3n) is 7.96. The van der Waals surface area contributed by atoms with Crippen LogP contribution in [0.4, 0.5) is 17.1 Å². The minimum atomic E-state index is 0.347. The number of fused-ring (bicyclic) bond motifs is 1. The first-order valence-corrected chi connectivity index (χ1v) is 15.1. The number of hydrogen-bond donors (Lipinski definition) is 1. The van der Waals surface area contributed by atoms with Gasteiger partial charge in [-0.05, 0) is 48.5 Å². The third kappa shape index (κ3) is 6.31. The summed E-state index contributed by atoms with van der Waals surface area (Å²) in [6, 6.07) is 19.5. The van der Waals surface area contributed by atoms with E-state index in [1.807, 2.05) is 30.3 Å². The Morgan fingerprint density at radius 2 is 1.67 bits per heavy atom. The lowest BCUT2D eigenvalue weighted by Crippen LogP contribution is -2.45. The fraction of sp³-hybridized carbons (Fsp3) is 0.235. The molecule has 230 valence electrons. The average Bonchev–Trinajstić information content (AvgIpc) is 3.54. The molecule has 5 aromatic rings. The normalized spacial score (nSPS) is 13.5. The number of nitriles is 1. The van der Waals surface area contributed by atoms with Crippen LogP contribution in [0.1, 0.15) is 11.3 Å². The third-order valence-corrected chi connectivity index (χ3v) is 8.57. The van der Waals surface area contributed by atoms with Gasteiger partial charge < -0.3 is 28.8 Å². The number of furan rings is 1. The summed E-state index contributed by atoms with van der Waals surface area (Å²) in [6.07, 6.45) is 3.28. The number of nitrogens with one attached hydrogen (secondary N) is 1. The summed E-state index contributed by atoms with van der Waals surface area (Å²) < 4.78 is 22.5. The van der Waals surface area contributed by atoms with E-state index in [1.165, 1.54) is 19.0 Å². The van der Waals surface area contributed by atoms with Gasteiger partial charge in [-0.25, -0.2) is 0 Å². The number of halogens is 2. The number of ether oxygens (including phenoxy) is 3. The molecule has 1 saturated heterocycles. The van der Waals surface area contributed by atoms with Crippen LogP contribution in [-0.4, -0.2) is 57.4 Å². The smallest absolute Gasteiger partial charge is 0.139 e. The Morgan fingerprint density at radius 1 is 0.911 bits per heavy atom. The molecule has 1 aliphatic heterocycles. The van der Waals surface area contributed by atoms with E-state index in [-0.39, 0.29) is 0 Å². The molecule has 0 bridgehead atoms. The van der Waals surface area contributed by atoms with Crippen LogP contribution in [0.2, 0.25) is 10.0 Å². The largest absolute Gasteiger partial charge is 0.497 e. The van der Waals surface area contributed by atoms with E-state index in [2.05, 4.69) is 38.3 Å². The van der Waals surface area contributed by atoms with Crippen LogP contribution >= 0.6 is 23.2 Å². The topological polar surface area (TPSA) is 96.0 Å². The van der Waals surface area contributed by atoms with E-state index in [0.717, 1.165) is 48.8 Å². The van der Waals surface area contributed by atoms with Crippen LogP contribution in [0.25, 0.3) is 22.0 Å². The average molecular weight is 645 g/mol. The molecule has 2 aromatic heterocycles. The highest BCUT2D eigenvalue weighted by molar-refractivity contribution is 6.37. The predicted octanol–water partition coefficient (Wildman–Crippen LogP) is 7.76. The van der Waals surface area contributed by atoms with E-state index < -0.39 is 0 Å². The molecule has 0 amide bonds. The molecule has 1 aliphatic rings. The molecule has 0 unspecified atom stereocenters. The summed E-state index contributed by atoms with van der Waals surface area (Å²) in [4.78, 5) is 9.35. The zero-order valence-corrected chi connectivity index (χ0v) is 26.6. The summed E-state index contributed by atoms with van der Waals surface area (Å²) in [5.41, 5.74) is 5.01. The van der Waals surface area contributed by atoms with Crippen LogP contribution in [0.5, 0.6) is 17.2 Å². The highest BCUT2D eigenvalue weighted by atomic mass is 35.5. The molecule has 0 atom stereocenters. The molecular formula is C34H31Cl2N5O4. The Kier molecular flexibility index (Phi) is 8.90. The number of pyridine rings is 1. The molecule has 11 heteroatoms. The monoisotopic (exact) mass is 643 g/mol. The summed E-state index contributed by atoms with van der Waals surface area (Å²) >= 11 is 12.7. The molecule has 3 heterocycles. The number of nitrogens with zero attached hydrogens (tertiary/aromatic N) is 4. The molecule has 0 radical (unpaired) electrons. The number of piperazine rings is 1. The molecule has 0 aliphatic carbocycles. The number of benzene rings is 3. The first kappa shape index (κ1) is 30.4. The minimum absolute atomic E-state index is 0.347. The Morgan fingerprint density at radius 3 is 2.36 bits per heavy atom. The van der Waals surface area contributed by atoms with Gasteiger partial charge in [0.1, 0.15) is 29.1 Å². The Hall–Kier alpha value is -4.62. The van der Waals surface area contributed by atoms with Gasteiger partial charge in [0.25, 0.3) is 0 Å². The predicted molar refractivity (Wildman–Crippen MR) is 177 cm³/mol. The van der Waals surface area contributed by atoms with Crippen molar-refractivity contribution >= 4 is 51.2 Å². The van der Waals surface area contributed by atoms with Gasteiger partial charge in [-0.2, -0.15) is 5.26 Å². The second kappa shape index (κ2) is 13.2. The van der Waals surface area contributed by atoms with Crippen molar-refractivity contribution in [2.24, 2.45) is 0 Å². The lowest BCUT2D eigenvalue weighted by molar-refractivity contribution is 0.230. The van der Waals surface area contributed by atoms with Gasteiger partial charge in [-0.3, -0.25) is 9.88 Å². The van der Waals surface area contributed by atoms with Crippen LogP contribution < -0.4 is 24.4 Å². The fourth-order valence-corrected chi connectivity index (χ4v) is 6.04. The maximum Gasteiger partial charge on any atom is 0.139 e. The summed E-state index contributed by atoms with van der Waals surface area (Å²) in [5.74, 6) is 2.79. The SMILES string of the molecule is COc1ccc(N2CCN(Cc3cc(-c4cc5ncc(C#N)c(Nc6cc(OC)c(Cl)cc6Cl)c5cc4OC)co3)CC2)cc1. The van der Waals surface area contributed by atoms with Gasteiger partial charge in [0.2, 0.25) is 0 Å². The van der Waals surface area contributed by atoms with Crippen LogP contribution in [0.3, 0.4) is 0 Å². The number of methoxy groups -OCH3 is 3. The first-order chi connectivity index (χ1) is 21.9. The van der Waals surface area contributed by atoms with E-state index in [1.54, 1.807) is 32.6 Å². The second-order valence-corrected chi connectivity index (χ2v) is 11.4. The van der Waals surface area contributed by atoms with Crippen molar-refractivity contribution in [2.45, 2.75) is 6.54 Å².